The molecule has 2 rings (SSSR count). The second kappa shape index (κ2) is 6.69. The van der Waals surface area contributed by atoms with Gasteiger partial charge < -0.3 is 5.32 Å². The Hall–Kier alpha value is -0.920. The third-order valence-electron chi connectivity index (χ3n) is 3.93. The number of sulfonamides is 1. The molecule has 0 spiro atoms. The van der Waals surface area contributed by atoms with Crippen LogP contribution in [0.15, 0.2) is 5.03 Å². The Morgan fingerprint density at radius 1 is 1.30 bits per heavy atom. The molecule has 0 atom stereocenters. The summed E-state index contributed by atoms with van der Waals surface area (Å²) in [4.78, 5) is 0. The molecule has 20 heavy (non-hydrogen) atoms. The highest BCUT2D eigenvalue weighted by Gasteiger charge is 2.24. The molecule has 114 valence electrons. The predicted octanol–water partition coefficient (Wildman–Crippen LogP) is 1.30. The molecule has 1 heterocycles. The van der Waals surface area contributed by atoms with Crippen molar-refractivity contribution in [2.24, 2.45) is 5.92 Å². The van der Waals surface area contributed by atoms with Crippen molar-refractivity contribution in [3.63, 3.8) is 0 Å². The number of nitrogens with zero attached hydrogens (tertiary/aromatic N) is 1. The van der Waals surface area contributed by atoms with Crippen LogP contribution < -0.4 is 10.0 Å². The molecule has 0 bridgehead atoms. The van der Waals surface area contributed by atoms with Crippen molar-refractivity contribution in [3.05, 3.63) is 11.3 Å². The van der Waals surface area contributed by atoms with E-state index < -0.39 is 10.0 Å². The van der Waals surface area contributed by atoms with E-state index in [0.29, 0.717) is 24.6 Å². The summed E-state index contributed by atoms with van der Waals surface area (Å²) in [7, 11) is -1.73. The quantitative estimate of drug-likeness (QED) is 0.739. The summed E-state index contributed by atoms with van der Waals surface area (Å²) in [5, 5.41) is 9.81. The van der Waals surface area contributed by atoms with Gasteiger partial charge in [-0.05, 0) is 32.7 Å². The topological polar surface area (TPSA) is 86.9 Å². The fourth-order valence-electron chi connectivity index (χ4n) is 2.72. The van der Waals surface area contributed by atoms with Crippen molar-refractivity contribution < 1.29 is 8.42 Å². The Morgan fingerprint density at radius 3 is 2.65 bits per heavy atom. The van der Waals surface area contributed by atoms with E-state index in [9.17, 15) is 8.42 Å². The fraction of sp³-hybridized carbons (Fsp3) is 0.769. The molecule has 1 fully saturated rings. The summed E-state index contributed by atoms with van der Waals surface area (Å²) >= 11 is 0. The zero-order chi connectivity index (χ0) is 14.6. The van der Waals surface area contributed by atoms with E-state index in [1.807, 2.05) is 6.92 Å². The first kappa shape index (κ1) is 15.5. The number of nitrogens with one attached hydrogen (secondary N) is 3. The Labute approximate surface area is 120 Å². The van der Waals surface area contributed by atoms with Crippen molar-refractivity contribution in [1.29, 1.82) is 0 Å². The standard InChI is InChI=1S/C13H24N4O2S/c1-10-12(9-14-2)13(17-16-10)20(18,19)15-8-11-6-4-3-5-7-11/h11,14-15H,3-9H2,1-2H3,(H,16,17). The monoisotopic (exact) mass is 300 g/mol. The molecule has 0 aromatic carbocycles. The van der Waals surface area contributed by atoms with Crippen molar-refractivity contribution >= 4 is 10.0 Å². The third kappa shape index (κ3) is 3.59. The molecule has 1 aliphatic carbocycles. The van der Waals surface area contributed by atoms with Gasteiger partial charge in [0.05, 0.1) is 0 Å². The molecule has 0 amide bonds. The normalized spacial score (nSPS) is 17.5. The maximum Gasteiger partial charge on any atom is 0.260 e. The Kier molecular flexibility index (Phi) is 5.17. The van der Waals surface area contributed by atoms with Gasteiger partial charge in [-0.3, -0.25) is 5.10 Å². The lowest BCUT2D eigenvalue weighted by atomic mass is 9.90. The van der Waals surface area contributed by atoms with Gasteiger partial charge in [0.15, 0.2) is 5.03 Å². The molecule has 1 aromatic rings. The van der Waals surface area contributed by atoms with Gasteiger partial charge in [0.25, 0.3) is 10.0 Å². The first-order valence-corrected chi connectivity index (χ1v) is 8.71. The first-order chi connectivity index (χ1) is 9.54. The molecule has 7 heteroatoms. The molecular formula is C13H24N4O2S. The smallest absolute Gasteiger partial charge is 0.260 e. The number of aryl methyl sites for hydroxylation is 1. The Bertz CT molecular complexity index is 533. The van der Waals surface area contributed by atoms with Crippen LogP contribution in [0.2, 0.25) is 0 Å². The second-order valence-electron chi connectivity index (χ2n) is 5.52. The third-order valence-corrected chi connectivity index (χ3v) is 5.32. The lowest BCUT2D eigenvalue weighted by Gasteiger charge is -2.21. The second-order valence-corrected chi connectivity index (χ2v) is 7.20. The maximum atomic E-state index is 12.4. The lowest BCUT2D eigenvalue weighted by Crippen LogP contribution is -2.31. The molecule has 1 saturated carbocycles. The van der Waals surface area contributed by atoms with E-state index in [-0.39, 0.29) is 5.03 Å². The molecule has 1 aliphatic rings. The van der Waals surface area contributed by atoms with Gasteiger partial charge in [-0.15, -0.1) is 0 Å². The molecule has 0 unspecified atom stereocenters. The highest BCUT2D eigenvalue weighted by atomic mass is 32.2. The molecule has 1 aromatic heterocycles. The minimum absolute atomic E-state index is 0.125. The summed E-state index contributed by atoms with van der Waals surface area (Å²) in [6, 6.07) is 0. The van der Waals surface area contributed by atoms with Crippen molar-refractivity contribution in [3.8, 4) is 0 Å². The number of rotatable bonds is 6. The van der Waals surface area contributed by atoms with E-state index in [4.69, 9.17) is 0 Å². The van der Waals surface area contributed by atoms with Gasteiger partial charge in [-0.1, -0.05) is 19.3 Å². The van der Waals surface area contributed by atoms with Crippen LogP contribution in [0.5, 0.6) is 0 Å². The molecule has 6 nitrogen and oxygen atoms in total. The minimum atomic E-state index is -3.52. The maximum absolute atomic E-state index is 12.4. The zero-order valence-corrected chi connectivity index (χ0v) is 13.0. The van der Waals surface area contributed by atoms with E-state index >= 15 is 0 Å². The van der Waals surface area contributed by atoms with Crippen molar-refractivity contribution in [1.82, 2.24) is 20.2 Å². The lowest BCUT2D eigenvalue weighted by molar-refractivity contribution is 0.357. The van der Waals surface area contributed by atoms with Crippen LogP contribution in [0.1, 0.15) is 43.4 Å². The highest BCUT2D eigenvalue weighted by Crippen LogP contribution is 2.23. The SMILES string of the molecule is CNCc1c(S(=O)(=O)NCC2CCCCC2)n[nH]c1C. The fourth-order valence-corrected chi connectivity index (χ4v) is 4.03. The molecule has 0 aliphatic heterocycles. The van der Waals surface area contributed by atoms with Crippen LogP contribution in [0.3, 0.4) is 0 Å². The average Bonchev–Trinajstić information content (AvgIpc) is 2.81. The average molecular weight is 300 g/mol. The van der Waals surface area contributed by atoms with Gasteiger partial charge in [0, 0.05) is 24.3 Å². The van der Waals surface area contributed by atoms with Gasteiger partial charge in [0.2, 0.25) is 0 Å². The number of aromatic amines is 1. The Morgan fingerprint density at radius 2 is 2.00 bits per heavy atom. The summed E-state index contributed by atoms with van der Waals surface area (Å²) in [6.07, 6.45) is 5.92. The summed E-state index contributed by atoms with van der Waals surface area (Å²) in [5.74, 6) is 0.464. The van der Waals surface area contributed by atoms with Gasteiger partial charge in [-0.25, -0.2) is 13.1 Å². The first-order valence-electron chi connectivity index (χ1n) is 7.22. The molecule has 3 N–H and O–H groups in total. The summed E-state index contributed by atoms with van der Waals surface area (Å²) in [6.45, 7) is 2.84. The van der Waals surface area contributed by atoms with Crippen LogP contribution in [0.4, 0.5) is 0 Å². The molecule has 0 radical (unpaired) electrons. The number of H-pyrrole nitrogens is 1. The van der Waals surface area contributed by atoms with Crippen LogP contribution in [-0.2, 0) is 16.6 Å². The van der Waals surface area contributed by atoms with Crippen LogP contribution in [0, 0.1) is 12.8 Å². The zero-order valence-electron chi connectivity index (χ0n) is 12.2. The summed E-state index contributed by atoms with van der Waals surface area (Å²) < 4.78 is 27.4. The van der Waals surface area contributed by atoms with E-state index in [0.717, 1.165) is 18.5 Å². The number of aromatic nitrogens is 2. The molecular weight excluding hydrogens is 276 g/mol. The largest absolute Gasteiger partial charge is 0.316 e. The van der Waals surface area contributed by atoms with Crippen molar-refractivity contribution in [2.45, 2.75) is 50.6 Å². The molecule has 0 saturated heterocycles. The van der Waals surface area contributed by atoms with Gasteiger partial charge in [0.1, 0.15) is 0 Å². The predicted molar refractivity (Wildman–Crippen MR) is 77.9 cm³/mol. The van der Waals surface area contributed by atoms with Crippen LogP contribution >= 0.6 is 0 Å². The van der Waals surface area contributed by atoms with E-state index in [2.05, 4.69) is 20.2 Å². The highest BCUT2D eigenvalue weighted by molar-refractivity contribution is 7.89. The van der Waals surface area contributed by atoms with E-state index in [1.54, 1.807) is 7.05 Å². The number of hydrogen-bond acceptors (Lipinski definition) is 4. The van der Waals surface area contributed by atoms with Gasteiger partial charge in [-0.2, -0.15) is 5.10 Å². The number of hydrogen-bond donors (Lipinski definition) is 3. The summed E-state index contributed by atoms with van der Waals surface area (Å²) in [5.41, 5.74) is 1.50. The van der Waals surface area contributed by atoms with Gasteiger partial charge >= 0.3 is 0 Å². The van der Waals surface area contributed by atoms with Crippen molar-refractivity contribution in [2.75, 3.05) is 13.6 Å². The minimum Gasteiger partial charge on any atom is -0.316 e. The Balaban J connectivity index is 2.05. The van der Waals surface area contributed by atoms with Crippen LogP contribution in [0.25, 0.3) is 0 Å². The van der Waals surface area contributed by atoms with E-state index in [1.165, 1.54) is 19.3 Å². The van der Waals surface area contributed by atoms with Crippen LogP contribution in [-0.4, -0.2) is 32.2 Å².